The van der Waals surface area contributed by atoms with Gasteiger partial charge in [-0.15, -0.1) is 0 Å². The van der Waals surface area contributed by atoms with Crippen molar-refractivity contribution < 1.29 is 9.32 Å². The Morgan fingerprint density at radius 3 is 2.68 bits per heavy atom. The summed E-state index contributed by atoms with van der Waals surface area (Å²) in [6.07, 6.45) is 2.28. The largest absolute Gasteiger partial charge is 0.337 e. The second-order valence-corrected chi connectivity index (χ2v) is 7.16. The van der Waals surface area contributed by atoms with Crippen molar-refractivity contribution in [1.29, 1.82) is 0 Å². The van der Waals surface area contributed by atoms with Crippen molar-refractivity contribution in [2.75, 3.05) is 6.54 Å². The molecule has 1 aliphatic rings. The van der Waals surface area contributed by atoms with Crippen molar-refractivity contribution in [1.82, 2.24) is 24.8 Å². The van der Waals surface area contributed by atoms with Crippen molar-refractivity contribution in [2.45, 2.75) is 72.4 Å². The molecule has 1 aliphatic heterocycles. The maximum absolute atomic E-state index is 12.7. The third-order valence-corrected chi connectivity index (χ3v) is 5.11. The fourth-order valence-electron chi connectivity index (χ4n) is 3.29. The Balaban J connectivity index is 1.67. The van der Waals surface area contributed by atoms with E-state index in [2.05, 4.69) is 22.2 Å². The highest BCUT2D eigenvalue weighted by Gasteiger charge is 2.34. The Bertz CT molecular complexity index is 762. The van der Waals surface area contributed by atoms with Crippen LogP contribution >= 0.6 is 0 Å². The number of aromatic nitrogens is 4. The minimum absolute atomic E-state index is 0.0882. The highest BCUT2D eigenvalue weighted by atomic mass is 16.5. The summed E-state index contributed by atoms with van der Waals surface area (Å²) in [6.45, 7) is 11.5. The van der Waals surface area contributed by atoms with Gasteiger partial charge in [-0.05, 0) is 39.2 Å². The first kappa shape index (κ1) is 17.6. The van der Waals surface area contributed by atoms with Crippen LogP contribution in [-0.2, 0) is 11.3 Å². The molecule has 0 aliphatic carbocycles. The summed E-state index contributed by atoms with van der Waals surface area (Å²) in [4.78, 5) is 19.1. The van der Waals surface area contributed by atoms with E-state index in [9.17, 15) is 4.79 Å². The molecule has 3 rings (SSSR count). The van der Waals surface area contributed by atoms with E-state index >= 15 is 0 Å². The Kier molecular flexibility index (Phi) is 4.92. The van der Waals surface area contributed by atoms with Crippen LogP contribution in [-0.4, -0.2) is 37.3 Å². The minimum Gasteiger partial charge on any atom is -0.337 e. The summed E-state index contributed by atoms with van der Waals surface area (Å²) >= 11 is 0. The molecule has 0 bridgehead atoms. The number of likely N-dealkylation sites (tertiary alicyclic amines) is 1. The van der Waals surface area contributed by atoms with Gasteiger partial charge in [-0.25, -0.2) is 0 Å². The second-order valence-electron chi connectivity index (χ2n) is 7.16. The van der Waals surface area contributed by atoms with E-state index in [1.807, 2.05) is 37.3 Å². The summed E-state index contributed by atoms with van der Waals surface area (Å²) in [5, 5.41) is 8.55. The molecule has 136 valence electrons. The van der Waals surface area contributed by atoms with Gasteiger partial charge < -0.3 is 9.42 Å². The van der Waals surface area contributed by atoms with E-state index < -0.39 is 0 Å². The lowest BCUT2D eigenvalue weighted by Gasteiger charge is -2.22. The van der Waals surface area contributed by atoms with Crippen molar-refractivity contribution in [3.05, 3.63) is 28.7 Å². The number of carbonyl (C=O) groups is 1. The first-order valence-corrected chi connectivity index (χ1v) is 9.02. The lowest BCUT2D eigenvalue weighted by atomic mass is 10.2. The van der Waals surface area contributed by atoms with Gasteiger partial charge in [0, 0.05) is 31.1 Å². The first-order chi connectivity index (χ1) is 11.9. The van der Waals surface area contributed by atoms with Crippen molar-refractivity contribution in [3.8, 4) is 0 Å². The van der Waals surface area contributed by atoms with Gasteiger partial charge in [0.15, 0.2) is 5.82 Å². The molecule has 1 fully saturated rings. The summed E-state index contributed by atoms with van der Waals surface area (Å²) in [7, 11) is 0. The number of carbonyl (C=O) groups excluding carboxylic acids is 1. The maximum atomic E-state index is 12.7. The quantitative estimate of drug-likeness (QED) is 0.832. The molecule has 1 amide bonds. The van der Waals surface area contributed by atoms with Crippen LogP contribution in [0.2, 0.25) is 0 Å². The molecule has 25 heavy (non-hydrogen) atoms. The number of hydrogen-bond donors (Lipinski definition) is 0. The van der Waals surface area contributed by atoms with Crippen LogP contribution in [0.1, 0.15) is 73.7 Å². The number of amides is 1. The van der Waals surface area contributed by atoms with Crippen LogP contribution in [0.3, 0.4) is 0 Å². The van der Waals surface area contributed by atoms with Gasteiger partial charge in [0.25, 0.3) is 0 Å². The Morgan fingerprint density at radius 2 is 2.08 bits per heavy atom. The van der Waals surface area contributed by atoms with Crippen LogP contribution in [0.25, 0.3) is 0 Å². The molecule has 2 aromatic heterocycles. The fraction of sp³-hybridized carbons (Fsp3) is 0.667. The predicted molar refractivity (Wildman–Crippen MR) is 93.1 cm³/mol. The molecule has 3 heterocycles. The molecule has 1 unspecified atom stereocenters. The normalized spacial score (nSPS) is 17.7. The van der Waals surface area contributed by atoms with Gasteiger partial charge in [0.1, 0.15) is 6.04 Å². The summed E-state index contributed by atoms with van der Waals surface area (Å²) in [5.74, 6) is 1.61. The molecule has 2 aromatic rings. The summed E-state index contributed by atoms with van der Waals surface area (Å²) in [5.41, 5.74) is 3.34. The van der Waals surface area contributed by atoms with Crippen molar-refractivity contribution in [2.24, 2.45) is 0 Å². The van der Waals surface area contributed by atoms with E-state index in [4.69, 9.17) is 4.52 Å². The molecular formula is C18H27N5O2. The second kappa shape index (κ2) is 6.98. The van der Waals surface area contributed by atoms with Gasteiger partial charge in [-0.1, -0.05) is 19.0 Å². The summed E-state index contributed by atoms with van der Waals surface area (Å²) < 4.78 is 7.35. The average Bonchev–Trinajstić information content (AvgIpc) is 3.28. The fourth-order valence-corrected chi connectivity index (χ4v) is 3.29. The van der Waals surface area contributed by atoms with Gasteiger partial charge in [0.2, 0.25) is 11.8 Å². The predicted octanol–water partition coefficient (Wildman–Crippen LogP) is 3.07. The van der Waals surface area contributed by atoms with Crippen LogP contribution in [0, 0.1) is 20.8 Å². The standard InChI is InChI=1S/C18H27N5O2/c1-11(2)17-19-18(25-21-17)15-7-6-9-22(15)16(24)8-10-23-14(5)12(3)13(4)20-23/h11,15H,6-10H2,1-5H3. The Hall–Kier alpha value is -2.18. The van der Waals surface area contributed by atoms with Gasteiger partial charge in [0.05, 0.1) is 5.69 Å². The first-order valence-electron chi connectivity index (χ1n) is 9.02. The molecule has 0 saturated carbocycles. The van der Waals surface area contributed by atoms with E-state index in [0.29, 0.717) is 24.7 Å². The smallest absolute Gasteiger partial charge is 0.249 e. The maximum Gasteiger partial charge on any atom is 0.249 e. The third-order valence-electron chi connectivity index (χ3n) is 5.11. The van der Waals surface area contributed by atoms with Gasteiger partial charge in [-0.3, -0.25) is 9.48 Å². The molecule has 0 aromatic carbocycles. The Morgan fingerprint density at radius 1 is 1.32 bits per heavy atom. The van der Waals surface area contributed by atoms with Crippen LogP contribution in [0.15, 0.2) is 4.52 Å². The number of hydrogen-bond acceptors (Lipinski definition) is 5. The topological polar surface area (TPSA) is 77.1 Å². The van der Waals surface area contributed by atoms with Crippen LogP contribution < -0.4 is 0 Å². The highest BCUT2D eigenvalue weighted by Crippen LogP contribution is 2.32. The van der Waals surface area contributed by atoms with Gasteiger partial charge in [-0.2, -0.15) is 10.1 Å². The van der Waals surface area contributed by atoms with E-state index in [-0.39, 0.29) is 17.9 Å². The number of aryl methyl sites for hydroxylation is 2. The molecule has 7 heteroatoms. The van der Waals surface area contributed by atoms with E-state index in [0.717, 1.165) is 30.8 Å². The van der Waals surface area contributed by atoms with Crippen molar-refractivity contribution in [3.63, 3.8) is 0 Å². The SMILES string of the molecule is Cc1nn(CCC(=O)N2CCCC2c2nc(C(C)C)no2)c(C)c1C. The Labute approximate surface area is 148 Å². The van der Waals surface area contributed by atoms with Crippen LogP contribution in [0.4, 0.5) is 0 Å². The summed E-state index contributed by atoms with van der Waals surface area (Å²) in [6, 6.07) is -0.0882. The minimum atomic E-state index is -0.0882. The van der Waals surface area contributed by atoms with E-state index in [1.54, 1.807) is 0 Å². The molecule has 0 spiro atoms. The molecular weight excluding hydrogens is 318 g/mol. The molecule has 7 nitrogen and oxygen atoms in total. The number of rotatable bonds is 5. The zero-order valence-electron chi connectivity index (χ0n) is 15.7. The van der Waals surface area contributed by atoms with Gasteiger partial charge >= 0.3 is 0 Å². The van der Waals surface area contributed by atoms with Crippen molar-refractivity contribution >= 4 is 5.91 Å². The zero-order chi connectivity index (χ0) is 18.1. The molecule has 1 saturated heterocycles. The average molecular weight is 345 g/mol. The van der Waals surface area contributed by atoms with Crippen LogP contribution in [0.5, 0.6) is 0 Å². The zero-order valence-corrected chi connectivity index (χ0v) is 15.7. The number of nitrogens with zero attached hydrogens (tertiary/aromatic N) is 5. The molecule has 0 radical (unpaired) electrons. The van der Waals surface area contributed by atoms with E-state index in [1.165, 1.54) is 5.56 Å². The molecule has 1 atom stereocenters. The third kappa shape index (κ3) is 3.45. The highest BCUT2D eigenvalue weighted by molar-refractivity contribution is 5.76. The monoisotopic (exact) mass is 345 g/mol. The lowest BCUT2D eigenvalue weighted by Crippen LogP contribution is -2.31. The lowest BCUT2D eigenvalue weighted by molar-refractivity contribution is -0.132. The molecule has 0 N–H and O–H groups in total.